The molecule has 6 N–H and O–H groups in total. The van der Waals surface area contributed by atoms with E-state index in [1.165, 1.54) is 0 Å². The smallest absolute Gasteiger partial charge is 0.123 e. The largest absolute Gasteiger partial charge is 0.492 e. The van der Waals surface area contributed by atoms with Crippen molar-refractivity contribution < 1.29 is 28.4 Å². The molecule has 3 aliphatic rings. The van der Waals surface area contributed by atoms with Crippen molar-refractivity contribution in [3.63, 3.8) is 0 Å². The van der Waals surface area contributed by atoms with E-state index in [1.54, 1.807) is 0 Å². The van der Waals surface area contributed by atoms with Crippen molar-refractivity contribution >= 4 is 0 Å². The summed E-state index contributed by atoms with van der Waals surface area (Å²) < 4.78 is 39.2. The van der Waals surface area contributed by atoms with Crippen molar-refractivity contribution in [1.82, 2.24) is 41.7 Å². The molecule has 9 rings (SSSR count). The van der Waals surface area contributed by atoms with Gasteiger partial charge in [0.1, 0.15) is 74.1 Å². The molecule has 0 aliphatic carbocycles. The van der Waals surface area contributed by atoms with E-state index in [-0.39, 0.29) is 0 Å². The van der Waals surface area contributed by atoms with Crippen LogP contribution in [0.2, 0.25) is 0 Å². The third-order valence-corrected chi connectivity index (χ3v) is 13.8. The maximum absolute atomic E-state index is 6.54. The van der Waals surface area contributed by atoms with Crippen molar-refractivity contribution in [3.05, 3.63) is 179 Å². The Morgan fingerprint density at radius 2 is 0.403 bits per heavy atom. The van der Waals surface area contributed by atoms with Gasteiger partial charge in [0, 0.05) is 112 Å². The van der Waals surface area contributed by atoms with Crippen molar-refractivity contribution in [2.45, 2.75) is 58.5 Å². The van der Waals surface area contributed by atoms with E-state index < -0.39 is 0 Å². The van der Waals surface area contributed by atoms with E-state index in [4.69, 9.17) is 28.4 Å². The normalized spacial score (nSPS) is 19.6. The number of fused-ring (bicyclic) bond motifs is 30. The minimum atomic E-state index is 0.537. The Labute approximate surface area is 458 Å². The highest BCUT2D eigenvalue weighted by Crippen LogP contribution is 2.23. The highest BCUT2D eigenvalue weighted by molar-refractivity contribution is 5.37. The molecule has 0 amide bonds. The highest BCUT2D eigenvalue weighted by atomic mass is 16.5. The van der Waals surface area contributed by atoms with Gasteiger partial charge in [0.05, 0.1) is 0 Å². The van der Waals surface area contributed by atoms with Crippen molar-refractivity contribution in [3.8, 4) is 34.5 Å². The van der Waals surface area contributed by atoms with E-state index in [0.717, 1.165) is 205 Å². The minimum absolute atomic E-state index is 0.537. The second-order valence-electron chi connectivity index (χ2n) is 19.5. The number of nitrogens with one attached hydrogen (secondary N) is 6. The van der Waals surface area contributed by atoms with E-state index in [1.807, 2.05) is 0 Å². The van der Waals surface area contributed by atoms with Gasteiger partial charge in [0.25, 0.3) is 0 Å². The molecule has 0 fully saturated rings. The molecule has 14 heteroatoms. The molecule has 3 aliphatic heterocycles. The average molecular weight is 1050 g/mol. The Kier molecular flexibility index (Phi) is 25.1. The summed E-state index contributed by atoms with van der Waals surface area (Å²) in [6.07, 6.45) is 2.94. The molecule has 0 saturated carbocycles. The summed E-state index contributed by atoms with van der Waals surface area (Å²) >= 11 is 0. The maximum atomic E-state index is 6.54. The van der Waals surface area contributed by atoms with E-state index in [0.29, 0.717) is 39.6 Å². The van der Waals surface area contributed by atoms with Gasteiger partial charge in [-0.05, 0) is 94.9 Å². The Hall–Kier alpha value is -6.20. The summed E-state index contributed by atoms with van der Waals surface area (Å²) in [6, 6.07) is 50.2. The Balaban J connectivity index is 0.990. The molecule has 14 nitrogen and oxygen atoms in total. The first-order chi connectivity index (χ1) is 38.2. The van der Waals surface area contributed by atoms with Gasteiger partial charge < -0.3 is 60.3 Å². The van der Waals surface area contributed by atoms with Gasteiger partial charge in [-0.15, -0.1) is 0 Å². The molecule has 0 radical (unpaired) electrons. The van der Waals surface area contributed by atoms with Crippen molar-refractivity contribution in [2.75, 3.05) is 118 Å². The second kappa shape index (κ2) is 33.8. The van der Waals surface area contributed by atoms with E-state index in [9.17, 15) is 0 Å². The molecular weight excluding hydrogens is 965 g/mol. The van der Waals surface area contributed by atoms with E-state index >= 15 is 0 Å². The van der Waals surface area contributed by atoms with Crippen LogP contribution >= 0.6 is 0 Å². The topological polar surface area (TPSA) is 134 Å². The van der Waals surface area contributed by atoms with Crippen LogP contribution in [0.15, 0.2) is 146 Å². The Bertz CT molecular complexity index is 2140. The predicted octanol–water partition coefficient (Wildman–Crippen LogP) is 7.80. The van der Waals surface area contributed by atoms with Crippen LogP contribution in [-0.2, 0) is 39.3 Å². The molecule has 0 saturated heterocycles. The monoisotopic (exact) mass is 1050 g/mol. The third kappa shape index (κ3) is 20.3. The van der Waals surface area contributed by atoms with Crippen LogP contribution < -0.4 is 60.3 Å². The van der Waals surface area contributed by atoms with Gasteiger partial charge in [-0.1, -0.05) is 109 Å². The Morgan fingerprint density at radius 3 is 0.584 bits per heavy atom. The molecule has 6 aromatic rings. The lowest BCUT2D eigenvalue weighted by molar-refractivity contribution is 0.152. The lowest BCUT2D eigenvalue weighted by Gasteiger charge is -2.24. The van der Waals surface area contributed by atoms with Gasteiger partial charge in [-0.3, -0.25) is 9.80 Å². The molecule has 77 heavy (non-hydrogen) atoms. The van der Waals surface area contributed by atoms with Crippen LogP contribution in [0.25, 0.3) is 0 Å². The number of para-hydroxylation sites is 6. The molecule has 6 aromatic carbocycles. The highest BCUT2D eigenvalue weighted by Gasteiger charge is 2.14. The van der Waals surface area contributed by atoms with Crippen LogP contribution in [0.3, 0.4) is 0 Å². The first-order valence-corrected chi connectivity index (χ1v) is 28.2. The summed E-state index contributed by atoms with van der Waals surface area (Å²) in [4.78, 5) is 4.76. The van der Waals surface area contributed by atoms with Crippen LogP contribution in [0, 0.1) is 0 Å². The molecule has 0 spiro atoms. The molecule has 412 valence electrons. The number of ether oxygens (including phenoxy) is 6. The number of hydrogen-bond donors (Lipinski definition) is 6. The quantitative estimate of drug-likeness (QED) is 0.0884. The summed E-state index contributed by atoms with van der Waals surface area (Å²) in [5, 5.41) is 21.9. The Morgan fingerprint density at radius 1 is 0.234 bits per heavy atom. The number of hydrogen-bond acceptors (Lipinski definition) is 14. The van der Waals surface area contributed by atoms with Crippen LogP contribution in [0.1, 0.15) is 52.6 Å². The van der Waals surface area contributed by atoms with Crippen molar-refractivity contribution in [1.29, 1.82) is 0 Å². The zero-order valence-corrected chi connectivity index (χ0v) is 45.3. The second-order valence-corrected chi connectivity index (χ2v) is 19.5. The molecular formula is C63H84N8O6. The van der Waals surface area contributed by atoms with Crippen molar-refractivity contribution in [2.24, 2.45) is 0 Å². The van der Waals surface area contributed by atoms with Gasteiger partial charge in [0.2, 0.25) is 0 Å². The molecule has 0 atom stereocenters. The SMILES string of the molecule is c1ccc2c(c1)CNCCCNCc1ccccc1OCCN1CCOc3ccccc3CNCCCNCc3ccccc3OCCN(CCO2)CCOc2ccccc2CNCCCNCc2ccccc2OCC1. The summed E-state index contributed by atoms with van der Waals surface area (Å²) in [5.41, 5.74) is 6.88. The zero-order valence-electron chi connectivity index (χ0n) is 45.3. The van der Waals surface area contributed by atoms with Gasteiger partial charge in [0.15, 0.2) is 0 Å². The molecule has 2 bridgehead atoms. The molecule has 0 unspecified atom stereocenters. The molecule has 0 aromatic heterocycles. The average Bonchev–Trinajstić information content (AvgIpc) is 3.45. The minimum Gasteiger partial charge on any atom is -0.492 e. The fraction of sp³-hybridized carbons (Fsp3) is 0.429. The van der Waals surface area contributed by atoms with Crippen LogP contribution in [-0.4, -0.2) is 128 Å². The predicted molar refractivity (Wildman–Crippen MR) is 309 cm³/mol. The fourth-order valence-electron chi connectivity index (χ4n) is 9.48. The lowest BCUT2D eigenvalue weighted by Crippen LogP contribution is -2.36. The molecule has 3 heterocycles. The lowest BCUT2D eigenvalue weighted by atomic mass is 10.2. The summed E-state index contributed by atoms with van der Waals surface area (Å²) in [7, 11) is 0. The standard InChI is InChI=1S/C63H84N8O6/c1-7-22-58-52(16-1)46-64-28-13-29-65-47-53-17-2-8-23-59(53)75-43-37-71-38-44-76-62-26-11-5-20-56(62)50-68-32-14-30-66-48-54-18-3-9-24-60(54)73-41-35-70(34-40-72-58)36-42-74-61-25-10-4-19-55(61)49-67-31-15-33-69-51-57-21-6-12-27-63(57)77-45-39-71/h1-12,16-27,64-69H,13-15,28-51H2. The summed E-state index contributed by atoms with van der Waals surface area (Å²) in [5.74, 6) is 5.44. The van der Waals surface area contributed by atoms with Crippen LogP contribution in [0.5, 0.6) is 34.5 Å². The maximum Gasteiger partial charge on any atom is 0.123 e. The third-order valence-electron chi connectivity index (χ3n) is 13.8. The van der Waals surface area contributed by atoms with Crippen LogP contribution in [0.4, 0.5) is 0 Å². The van der Waals surface area contributed by atoms with Gasteiger partial charge in [-0.2, -0.15) is 0 Å². The van der Waals surface area contributed by atoms with E-state index in [2.05, 4.69) is 187 Å². The fourth-order valence-corrected chi connectivity index (χ4v) is 9.48. The van der Waals surface area contributed by atoms with Gasteiger partial charge in [-0.25, -0.2) is 0 Å². The van der Waals surface area contributed by atoms with Gasteiger partial charge >= 0.3 is 0 Å². The first kappa shape index (κ1) is 57.0. The first-order valence-electron chi connectivity index (χ1n) is 28.2. The zero-order chi connectivity index (χ0) is 52.6. The number of rotatable bonds is 0. The number of benzene rings is 6. The number of nitrogens with zero attached hydrogens (tertiary/aromatic N) is 2. The summed E-state index contributed by atoms with van der Waals surface area (Å²) in [6.45, 7) is 17.2.